The molecular formula is C41H41N7O3. The summed E-state index contributed by atoms with van der Waals surface area (Å²) in [6, 6.07) is 24.8. The Labute approximate surface area is 296 Å². The maximum absolute atomic E-state index is 14.2. The maximum atomic E-state index is 14.2. The summed E-state index contributed by atoms with van der Waals surface area (Å²) in [6.45, 7) is 1.91. The lowest BCUT2D eigenvalue weighted by molar-refractivity contribution is 0.0698. The highest BCUT2D eigenvalue weighted by Gasteiger charge is 2.48. The van der Waals surface area contributed by atoms with Crippen molar-refractivity contribution >= 4 is 33.9 Å². The van der Waals surface area contributed by atoms with E-state index >= 15 is 0 Å². The first-order chi connectivity index (χ1) is 24.9. The smallest absolute Gasteiger partial charge is 0.254 e. The normalized spacial score (nSPS) is 19.8. The number of likely N-dealkylation sites (tertiary alicyclic amines) is 1. The number of imidazole rings is 1. The third kappa shape index (κ3) is 5.19. The fourth-order valence-corrected chi connectivity index (χ4v) is 9.05. The highest BCUT2D eigenvalue weighted by atomic mass is 16.5. The van der Waals surface area contributed by atoms with Crippen LogP contribution in [0.3, 0.4) is 0 Å². The number of aryl methyl sites for hydroxylation is 2. The number of amides is 2. The first-order valence-electron chi connectivity index (χ1n) is 17.9. The molecule has 51 heavy (non-hydrogen) atoms. The molecule has 0 spiro atoms. The number of primary amides is 1. The van der Waals surface area contributed by atoms with Crippen molar-refractivity contribution in [3.63, 3.8) is 0 Å². The van der Waals surface area contributed by atoms with Gasteiger partial charge < -0.3 is 29.8 Å². The van der Waals surface area contributed by atoms with Crippen molar-refractivity contribution in [2.24, 2.45) is 11.7 Å². The molecule has 5 heterocycles. The molecule has 3 aliphatic rings. The van der Waals surface area contributed by atoms with Crippen molar-refractivity contribution in [1.29, 1.82) is 0 Å². The number of pyridine rings is 1. The number of likely N-dealkylation sites (N-methyl/N-ethyl adjacent to an activating group) is 1. The van der Waals surface area contributed by atoms with Crippen LogP contribution in [0.1, 0.15) is 57.5 Å². The number of benzene rings is 3. The monoisotopic (exact) mass is 679 g/mol. The van der Waals surface area contributed by atoms with Gasteiger partial charge in [0.1, 0.15) is 16.9 Å². The summed E-state index contributed by atoms with van der Waals surface area (Å²) in [7, 11) is 3.64. The number of ether oxygens (including phenoxy) is 1. The van der Waals surface area contributed by atoms with Crippen molar-refractivity contribution < 1.29 is 14.3 Å². The number of piperidine rings is 1. The number of nitrogens with two attached hydrogens (primary N) is 1. The zero-order valence-corrected chi connectivity index (χ0v) is 28.9. The molecule has 3 aromatic carbocycles. The summed E-state index contributed by atoms with van der Waals surface area (Å²) in [5.41, 5.74) is 14.5. The number of carbonyl (C=O) groups excluding carboxylic acids is 2. The molecule has 6 aromatic rings. The molecule has 258 valence electrons. The molecule has 2 fully saturated rings. The average Bonchev–Trinajstić information content (AvgIpc) is 3.92. The largest absolute Gasteiger partial charge is 0.494 e. The Hall–Kier alpha value is -5.48. The van der Waals surface area contributed by atoms with Gasteiger partial charge in [-0.15, -0.1) is 0 Å². The summed E-state index contributed by atoms with van der Waals surface area (Å²) < 4.78 is 10.5. The minimum absolute atomic E-state index is 0.00733. The quantitative estimate of drug-likeness (QED) is 0.235. The van der Waals surface area contributed by atoms with Crippen molar-refractivity contribution in [3.05, 3.63) is 101 Å². The minimum atomic E-state index is -0.476. The van der Waals surface area contributed by atoms with Crippen LogP contribution in [0, 0.1) is 5.92 Å². The van der Waals surface area contributed by atoms with Crippen molar-refractivity contribution in [2.45, 2.75) is 57.3 Å². The number of hydrogen-bond donors (Lipinski definition) is 2. The number of hydrogen-bond acceptors (Lipinski definition) is 6. The Bertz CT molecular complexity index is 2360. The molecule has 2 aliphatic heterocycles. The number of nitrogens with zero attached hydrogens (tertiary/aromatic N) is 5. The molecule has 10 nitrogen and oxygen atoms in total. The summed E-state index contributed by atoms with van der Waals surface area (Å²) >= 11 is 0. The number of carbonyl (C=O) groups is 2. The summed E-state index contributed by atoms with van der Waals surface area (Å²) in [5.74, 6) is 1.32. The van der Waals surface area contributed by atoms with Gasteiger partial charge in [-0.05, 0) is 116 Å². The zero-order valence-electron chi connectivity index (χ0n) is 28.9. The summed E-state index contributed by atoms with van der Waals surface area (Å²) in [5, 5.41) is 4.49. The van der Waals surface area contributed by atoms with Gasteiger partial charge in [0.05, 0.1) is 18.3 Å². The van der Waals surface area contributed by atoms with Crippen LogP contribution in [0.5, 0.6) is 5.75 Å². The standard InChI is InChI=1S/C41H41N7O3/c1-43-36-27-12-13-33(36)47(23-27)41(50)30-19-32-37(35(21-30)51-2)48-22-24-16-28(18-29(17-24)38(42)49)31-11-4-3-8-25(31)9-5-6-15-46-34(40(48)45-32)20-26-10-7-14-44-39(26)46/h3-4,7-8,10-11,14,16-21,27,33,36,43H,5-6,9,12-13,15,22-23H2,1-2H3,(H2,42,49). The van der Waals surface area contributed by atoms with Crippen molar-refractivity contribution in [2.75, 3.05) is 20.7 Å². The van der Waals surface area contributed by atoms with Gasteiger partial charge in [0.2, 0.25) is 5.91 Å². The van der Waals surface area contributed by atoms with E-state index in [-0.39, 0.29) is 11.9 Å². The van der Waals surface area contributed by atoms with E-state index in [1.165, 1.54) is 5.56 Å². The molecule has 2 amide bonds. The van der Waals surface area contributed by atoms with Gasteiger partial charge in [0.15, 0.2) is 5.82 Å². The van der Waals surface area contributed by atoms with Gasteiger partial charge >= 0.3 is 0 Å². The SMILES string of the molecule is CNC1C2CCC1N(C(=O)c1cc(OC)c3c(c1)nc1n3Cc3cc(C(N)=O)cc(c3)-c3ccccc3CCCCn3c-1cc1cccnc13)C2. The number of rotatable bonds is 4. The van der Waals surface area contributed by atoms with E-state index in [2.05, 4.69) is 50.8 Å². The van der Waals surface area contributed by atoms with Crippen LogP contribution in [0.4, 0.5) is 0 Å². The molecule has 1 saturated heterocycles. The van der Waals surface area contributed by atoms with E-state index in [1.807, 2.05) is 54.5 Å². The molecule has 3 N–H and O–H groups in total. The van der Waals surface area contributed by atoms with Gasteiger partial charge in [-0.1, -0.05) is 24.3 Å². The lowest BCUT2D eigenvalue weighted by Crippen LogP contribution is -2.42. The van der Waals surface area contributed by atoms with Crippen LogP contribution in [-0.4, -0.2) is 68.6 Å². The Kier molecular flexibility index (Phi) is 7.65. The van der Waals surface area contributed by atoms with Gasteiger partial charge in [-0.25, -0.2) is 9.97 Å². The van der Waals surface area contributed by atoms with Crippen molar-refractivity contribution in [3.8, 4) is 28.4 Å². The lowest BCUT2D eigenvalue weighted by Gasteiger charge is -2.27. The van der Waals surface area contributed by atoms with Crippen LogP contribution < -0.4 is 15.8 Å². The Morgan fingerprint density at radius 2 is 1.84 bits per heavy atom. The molecule has 1 aliphatic carbocycles. The Balaban J connectivity index is 1.26. The maximum Gasteiger partial charge on any atom is 0.254 e. The van der Waals surface area contributed by atoms with Crippen molar-refractivity contribution in [1.82, 2.24) is 29.3 Å². The van der Waals surface area contributed by atoms with E-state index < -0.39 is 5.91 Å². The van der Waals surface area contributed by atoms with Crippen LogP contribution in [-0.2, 0) is 19.5 Å². The van der Waals surface area contributed by atoms with E-state index in [1.54, 1.807) is 7.11 Å². The minimum Gasteiger partial charge on any atom is -0.494 e. The summed E-state index contributed by atoms with van der Waals surface area (Å²) in [6.07, 6.45) is 6.78. The average molecular weight is 680 g/mol. The van der Waals surface area contributed by atoms with Gasteiger partial charge in [-0.3, -0.25) is 9.59 Å². The van der Waals surface area contributed by atoms with Gasteiger partial charge in [0.25, 0.3) is 5.91 Å². The molecular weight excluding hydrogens is 638 g/mol. The van der Waals surface area contributed by atoms with E-state index in [4.69, 9.17) is 20.4 Å². The lowest BCUT2D eigenvalue weighted by atomic mass is 9.93. The van der Waals surface area contributed by atoms with E-state index in [0.717, 1.165) is 90.0 Å². The predicted molar refractivity (Wildman–Crippen MR) is 198 cm³/mol. The molecule has 0 radical (unpaired) electrons. The van der Waals surface area contributed by atoms with Crippen LogP contribution in [0.25, 0.3) is 44.7 Å². The van der Waals surface area contributed by atoms with E-state index in [9.17, 15) is 9.59 Å². The Morgan fingerprint density at radius 1 is 0.961 bits per heavy atom. The number of fused-ring (bicyclic) bond motifs is 13. The van der Waals surface area contributed by atoms with Crippen LogP contribution in [0.2, 0.25) is 0 Å². The van der Waals surface area contributed by atoms with Gasteiger partial charge in [-0.2, -0.15) is 0 Å². The number of methoxy groups -OCH3 is 1. The third-order valence-electron chi connectivity index (χ3n) is 11.4. The fourth-order valence-electron chi connectivity index (χ4n) is 9.05. The van der Waals surface area contributed by atoms with Crippen LogP contribution in [0.15, 0.2) is 79.0 Å². The second-order valence-corrected chi connectivity index (χ2v) is 14.2. The highest BCUT2D eigenvalue weighted by molar-refractivity contribution is 6.01. The van der Waals surface area contributed by atoms with Gasteiger partial charge in [0, 0.05) is 54.4 Å². The Morgan fingerprint density at radius 3 is 2.67 bits per heavy atom. The second kappa shape index (κ2) is 12.4. The fraction of sp³-hybridized carbons (Fsp3) is 0.317. The molecule has 3 atom stereocenters. The predicted octanol–water partition coefficient (Wildman–Crippen LogP) is 6.03. The third-order valence-corrected chi connectivity index (χ3v) is 11.4. The summed E-state index contributed by atoms with van der Waals surface area (Å²) in [4.78, 5) is 39.1. The van der Waals surface area contributed by atoms with E-state index in [0.29, 0.717) is 40.9 Å². The van der Waals surface area contributed by atoms with Crippen LogP contribution >= 0.6 is 0 Å². The molecule has 9 rings (SSSR count). The second-order valence-electron chi connectivity index (χ2n) is 14.2. The number of aromatic nitrogens is 4. The molecule has 1 saturated carbocycles. The number of nitrogens with one attached hydrogen (secondary N) is 1. The molecule has 4 bridgehead atoms. The molecule has 3 aromatic heterocycles. The zero-order chi connectivity index (χ0) is 34.8. The first-order valence-corrected chi connectivity index (χ1v) is 17.9. The highest BCUT2D eigenvalue weighted by Crippen LogP contribution is 2.41. The molecule has 3 unspecified atom stereocenters. The first kappa shape index (κ1) is 31.5. The topological polar surface area (TPSA) is 120 Å². The molecule has 10 heteroatoms.